The quantitative estimate of drug-likeness (QED) is 0.835. The van der Waals surface area contributed by atoms with Gasteiger partial charge < -0.3 is 10.2 Å². The minimum atomic E-state index is -0.243. The second-order valence-corrected chi connectivity index (χ2v) is 7.33. The van der Waals surface area contributed by atoms with Gasteiger partial charge in [-0.25, -0.2) is 14.5 Å². The average Bonchev–Trinajstić information content (AvgIpc) is 3.03. The molecule has 0 saturated carbocycles. The van der Waals surface area contributed by atoms with E-state index in [-0.39, 0.29) is 11.6 Å². The average molecular weight is 361 g/mol. The topological polar surface area (TPSA) is 75.9 Å². The molecule has 0 unspecified atom stereocenters. The van der Waals surface area contributed by atoms with Crippen LogP contribution in [0, 0.1) is 0 Å². The summed E-state index contributed by atoms with van der Waals surface area (Å²) in [7, 11) is 0. The predicted molar refractivity (Wildman–Crippen MR) is 96.6 cm³/mol. The third-order valence-corrected chi connectivity index (χ3v) is 4.08. The molecule has 8 heteroatoms. The molecule has 2 amide bonds. The molecule has 0 bridgehead atoms. The first kappa shape index (κ1) is 17.4. The summed E-state index contributed by atoms with van der Waals surface area (Å²) in [6, 6.07) is 3.59. The van der Waals surface area contributed by atoms with E-state index >= 15 is 0 Å². The largest absolute Gasteiger partial charge is 0.333 e. The second kappa shape index (κ2) is 6.84. The monoisotopic (exact) mass is 360 g/mol. The fourth-order valence-electron chi connectivity index (χ4n) is 2.56. The van der Waals surface area contributed by atoms with Crippen molar-refractivity contribution in [3.05, 3.63) is 41.4 Å². The summed E-state index contributed by atoms with van der Waals surface area (Å²) < 4.78 is 1.62. The Hall–Kier alpha value is -2.41. The van der Waals surface area contributed by atoms with Crippen LogP contribution in [0.4, 0.5) is 4.79 Å². The predicted octanol–water partition coefficient (Wildman–Crippen LogP) is 2.91. The molecule has 1 aliphatic rings. The van der Waals surface area contributed by atoms with Crippen molar-refractivity contribution >= 4 is 23.2 Å². The van der Waals surface area contributed by atoms with Gasteiger partial charge in [-0.2, -0.15) is 0 Å². The van der Waals surface area contributed by atoms with Crippen molar-refractivity contribution in [1.29, 1.82) is 0 Å². The van der Waals surface area contributed by atoms with Gasteiger partial charge >= 0.3 is 6.03 Å². The number of aromatic nitrogens is 4. The van der Waals surface area contributed by atoms with Gasteiger partial charge in [0.1, 0.15) is 11.4 Å². The summed E-state index contributed by atoms with van der Waals surface area (Å²) in [4.78, 5) is 18.1. The molecular weight excluding hydrogens is 340 g/mol. The lowest BCUT2D eigenvalue weighted by Crippen LogP contribution is -2.49. The van der Waals surface area contributed by atoms with Gasteiger partial charge in [-0.3, -0.25) is 0 Å². The summed E-state index contributed by atoms with van der Waals surface area (Å²) in [6.07, 6.45) is 6.21. The van der Waals surface area contributed by atoms with E-state index in [9.17, 15) is 4.79 Å². The van der Waals surface area contributed by atoms with E-state index in [4.69, 9.17) is 11.6 Å². The SMILES string of the molecule is CC(C)(C)NC(=O)N1CC=C(c2cn(-c3cccnc3Cl)nn2)CC1. The highest BCUT2D eigenvalue weighted by molar-refractivity contribution is 6.31. The number of nitrogens with zero attached hydrogens (tertiary/aromatic N) is 5. The molecule has 0 aliphatic carbocycles. The Kier molecular flexibility index (Phi) is 4.76. The van der Waals surface area contributed by atoms with Gasteiger partial charge in [0.05, 0.1) is 6.20 Å². The summed E-state index contributed by atoms with van der Waals surface area (Å²) in [5, 5.41) is 11.7. The molecule has 3 rings (SSSR count). The summed E-state index contributed by atoms with van der Waals surface area (Å²) in [5.74, 6) is 0. The van der Waals surface area contributed by atoms with Gasteiger partial charge in [0.25, 0.3) is 0 Å². The van der Waals surface area contributed by atoms with Crippen LogP contribution in [0.15, 0.2) is 30.6 Å². The maximum absolute atomic E-state index is 12.2. The van der Waals surface area contributed by atoms with Crippen molar-refractivity contribution in [2.45, 2.75) is 32.7 Å². The zero-order valence-corrected chi connectivity index (χ0v) is 15.3. The van der Waals surface area contributed by atoms with Gasteiger partial charge in [0.15, 0.2) is 5.15 Å². The Morgan fingerprint density at radius 3 is 2.80 bits per heavy atom. The normalized spacial score (nSPS) is 15.0. The highest BCUT2D eigenvalue weighted by atomic mass is 35.5. The Bertz CT molecular complexity index is 807. The lowest BCUT2D eigenvalue weighted by molar-refractivity contribution is 0.193. The van der Waals surface area contributed by atoms with Gasteiger partial charge in [0, 0.05) is 24.8 Å². The van der Waals surface area contributed by atoms with Gasteiger partial charge in [0.2, 0.25) is 0 Å². The molecule has 1 aliphatic heterocycles. The van der Waals surface area contributed by atoms with E-state index in [1.807, 2.05) is 39.1 Å². The van der Waals surface area contributed by atoms with Crippen molar-refractivity contribution < 1.29 is 4.79 Å². The summed E-state index contributed by atoms with van der Waals surface area (Å²) in [5.41, 5.74) is 2.31. The van der Waals surface area contributed by atoms with E-state index in [1.54, 1.807) is 21.8 Å². The van der Waals surface area contributed by atoms with E-state index in [0.717, 1.165) is 17.7 Å². The van der Waals surface area contributed by atoms with Crippen LogP contribution in [-0.4, -0.2) is 49.5 Å². The fraction of sp³-hybridized carbons (Fsp3) is 0.412. The number of urea groups is 1. The first-order valence-corrected chi connectivity index (χ1v) is 8.51. The summed E-state index contributed by atoms with van der Waals surface area (Å²) in [6.45, 7) is 7.11. The van der Waals surface area contributed by atoms with Crippen LogP contribution in [0.25, 0.3) is 11.3 Å². The molecule has 0 saturated heterocycles. The van der Waals surface area contributed by atoms with Crippen molar-refractivity contribution in [3.8, 4) is 5.69 Å². The number of carbonyl (C=O) groups excluding carboxylic acids is 1. The second-order valence-electron chi connectivity index (χ2n) is 6.97. The lowest BCUT2D eigenvalue weighted by atomic mass is 10.1. The Balaban J connectivity index is 1.71. The Labute approximate surface area is 151 Å². The molecule has 3 heterocycles. The number of rotatable bonds is 2. The molecule has 0 radical (unpaired) electrons. The van der Waals surface area contributed by atoms with Crippen LogP contribution in [0.5, 0.6) is 0 Å². The number of halogens is 1. The van der Waals surface area contributed by atoms with E-state index in [1.165, 1.54) is 0 Å². The first-order chi connectivity index (χ1) is 11.8. The highest BCUT2D eigenvalue weighted by Crippen LogP contribution is 2.23. The zero-order valence-electron chi connectivity index (χ0n) is 14.5. The molecule has 0 spiro atoms. The van der Waals surface area contributed by atoms with Crippen molar-refractivity contribution in [1.82, 2.24) is 30.2 Å². The van der Waals surface area contributed by atoms with Crippen LogP contribution < -0.4 is 5.32 Å². The minimum Gasteiger partial charge on any atom is -0.333 e. The number of hydrogen-bond acceptors (Lipinski definition) is 4. The van der Waals surface area contributed by atoms with Crippen LogP contribution >= 0.6 is 11.6 Å². The fourth-order valence-corrected chi connectivity index (χ4v) is 2.77. The number of nitrogens with one attached hydrogen (secondary N) is 1. The van der Waals surface area contributed by atoms with Crippen molar-refractivity contribution in [2.75, 3.05) is 13.1 Å². The van der Waals surface area contributed by atoms with Gasteiger partial charge in [-0.05, 0) is 44.9 Å². The summed E-state index contributed by atoms with van der Waals surface area (Å²) >= 11 is 6.10. The number of pyridine rings is 1. The molecule has 0 aromatic carbocycles. The zero-order chi connectivity index (χ0) is 18.0. The molecule has 2 aromatic rings. The van der Waals surface area contributed by atoms with E-state index < -0.39 is 0 Å². The molecule has 25 heavy (non-hydrogen) atoms. The molecule has 0 fully saturated rings. The Morgan fingerprint density at radius 1 is 1.36 bits per heavy atom. The van der Waals surface area contributed by atoms with Crippen LogP contribution in [0.2, 0.25) is 5.15 Å². The molecule has 7 nitrogen and oxygen atoms in total. The van der Waals surface area contributed by atoms with Crippen LogP contribution in [-0.2, 0) is 0 Å². The standard InChI is InChI=1S/C17H21ClN6O/c1-17(2,3)20-16(25)23-9-6-12(7-10-23)13-11-24(22-21-13)14-5-4-8-19-15(14)18/h4-6,8,11H,7,9-10H2,1-3H3,(H,20,25). The smallest absolute Gasteiger partial charge is 0.318 e. The van der Waals surface area contributed by atoms with E-state index in [0.29, 0.717) is 23.9 Å². The maximum Gasteiger partial charge on any atom is 0.318 e. The molecule has 132 valence electrons. The molecule has 1 N–H and O–H groups in total. The molecule has 0 atom stereocenters. The van der Waals surface area contributed by atoms with Crippen LogP contribution in [0.3, 0.4) is 0 Å². The van der Waals surface area contributed by atoms with Crippen LogP contribution in [0.1, 0.15) is 32.9 Å². The van der Waals surface area contributed by atoms with Crippen molar-refractivity contribution in [2.24, 2.45) is 0 Å². The third kappa shape index (κ3) is 4.17. The maximum atomic E-state index is 12.2. The van der Waals surface area contributed by atoms with Gasteiger partial charge in [-0.1, -0.05) is 22.9 Å². The van der Waals surface area contributed by atoms with E-state index in [2.05, 4.69) is 20.6 Å². The number of amides is 2. The molecule has 2 aromatic heterocycles. The lowest BCUT2D eigenvalue weighted by Gasteiger charge is -2.30. The highest BCUT2D eigenvalue weighted by Gasteiger charge is 2.22. The van der Waals surface area contributed by atoms with Gasteiger partial charge in [-0.15, -0.1) is 5.10 Å². The number of carbonyl (C=O) groups is 1. The minimum absolute atomic E-state index is 0.0476. The van der Waals surface area contributed by atoms with Crippen molar-refractivity contribution in [3.63, 3.8) is 0 Å². The molecular formula is C17H21ClN6O. The third-order valence-electron chi connectivity index (χ3n) is 3.79. The first-order valence-electron chi connectivity index (χ1n) is 8.13. The Morgan fingerprint density at radius 2 is 2.16 bits per heavy atom. The number of hydrogen-bond donors (Lipinski definition) is 1.